The predicted octanol–water partition coefficient (Wildman–Crippen LogP) is 6.03. The number of aromatic carboxylic acids is 1. The van der Waals surface area contributed by atoms with Gasteiger partial charge in [-0.2, -0.15) is 18.4 Å². The number of nitriles is 1. The quantitative estimate of drug-likeness (QED) is 0.531. The van der Waals surface area contributed by atoms with E-state index in [0.717, 1.165) is 37.9 Å². The largest absolute Gasteiger partial charge is 0.478 e. The molecular weight excluding hydrogens is 463 g/mol. The van der Waals surface area contributed by atoms with E-state index in [0.29, 0.717) is 12.0 Å². The standard InChI is InChI=1S/C25H26F3N3O4/c1-14(2)31(23(32)17-6-4-15(3)5-7-17)21-9-8-18(11-19(21)24(33)34)35-22-20(25(26,27)28)10-16(12-29)13-30-22/h8-11,13-15,17H,4-7H2,1-3H3,(H,33,34)/t15-,17-. The molecule has 2 aromatic rings. The summed E-state index contributed by atoms with van der Waals surface area (Å²) in [5.41, 5.74) is -1.69. The molecule has 1 fully saturated rings. The molecule has 186 valence electrons. The highest BCUT2D eigenvalue weighted by atomic mass is 19.4. The van der Waals surface area contributed by atoms with Crippen LogP contribution >= 0.6 is 0 Å². The van der Waals surface area contributed by atoms with Crippen molar-refractivity contribution in [1.29, 1.82) is 5.26 Å². The Balaban J connectivity index is 1.98. The van der Waals surface area contributed by atoms with Gasteiger partial charge in [-0.05, 0) is 69.7 Å². The fourth-order valence-electron chi connectivity index (χ4n) is 4.22. The lowest BCUT2D eigenvalue weighted by Gasteiger charge is -2.34. The molecule has 1 saturated carbocycles. The number of amides is 1. The van der Waals surface area contributed by atoms with E-state index in [2.05, 4.69) is 11.9 Å². The number of halogens is 3. The van der Waals surface area contributed by atoms with Gasteiger partial charge in [0.1, 0.15) is 17.4 Å². The number of alkyl halides is 3. The summed E-state index contributed by atoms with van der Waals surface area (Å²) in [5.74, 6) is -2.22. The van der Waals surface area contributed by atoms with Crippen LogP contribution in [0.5, 0.6) is 11.6 Å². The summed E-state index contributed by atoms with van der Waals surface area (Å²) in [5, 5.41) is 18.7. The summed E-state index contributed by atoms with van der Waals surface area (Å²) in [6.45, 7) is 5.68. The number of aromatic nitrogens is 1. The molecule has 1 amide bonds. The third-order valence-electron chi connectivity index (χ3n) is 6.08. The van der Waals surface area contributed by atoms with Crippen LogP contribution in [0.25, 0.3) is 0 Å². The maximum Gasteiger partial charge on any atom is 0.421 e. The van der Waals surface area contributed by atoms with Crippen molar-refractivity contribution in [2.75, 3.05) is 4.90 Å². The summed E-state index contributed by atoms with van der Waals surface area (Å²) in [4.78, 5) is 30.5. The molecule has 35 heavy (non-hydrogen) atoms. The van der Waals surface area contributed by atoms with Gasteiger partial charge in [-0.15, -0.1) is 0 Å². The molecular formula is C25H26F3N3O4. The van der Waals surface area contributed by atoms with E-state index in [4.69, 9.17) is 10.00 Å². The Labute approximate surface area is 201 Å². The van der Waals surface area contributed by atoms with Gasteiger partial charge in [0, 0.05) is 18.2 Å². The summed E-state index contributed by atoms with van der Waals surface area (Å²) in [6, 6.07) is 5.59. The van der Waals surface area contributed by atoms with Gasteiger partial charge in [0.25, 0.3) is 0 Å². The van der Waals surface area contributed by atoms with Crippen LogP contribution in [0.2, 0.25) is 0 Å². The van der Waals surface area contributed by atoms with Crippen LogP contribution in [-0.2, 0) is 11.0 Å². The van der Waals surface area contributed by atoms with Crippen molar-refractivity contribution in [3.63, 3.8) is 0 Å². The lowest BCUT2D eigenvalue weighted by molar-refractivity contribution is -0.139. The number of hydrogen-bond acceptors (Lipinski definition) is 5. The van der Waals surface area contributed by atoms with Crippen molar-refractivity contribution >= 4 is 17.6 Å². The highest BCUT2D eigenvalue weighted by Gasteiger charge is 2.36. The van der Waals surface area contributed by atoms with Crippen molar-refractivity contribution in [2.24, 2.45) is 11.8 Å². The zero-order chi connectivity index (χ0) is 25.9. The highest BCUT2D eigenvalue weighted by Crippen LogP contribution is 2.39. The molecule has 0 saturated heterocycles. The van der Waals surface area contributed by atoms with Crippen LogP contribution in [0, 0.1) is 23.2 Å². The molecule has 3 rings (SSSR count). The first-order valence-electron chi connectivity index (χ1n) is 11.3. The molecule has 0 spiro atoms. The molecule has 10 heteroatoms. The molecule has 0 radical (unpaired) electrons. The van der Waals surface area contributed by atoms with E-state index < -0.39 is 23.6 Å². The van der Waals surface area contributed by atoms with E-state index >= 15 is 0 Å². The average Bonchev–Trinajstić information content (AvgIpc) is 2.79. The number of nitrogens with zero attached hydrogens (tertiary/aromatic N) is 3. The number of carboxylic acids is 1. The van der Waals surface area contributed by atoms with Crippen LogP contribution in [-0.4, -0.2) is 28.0 Å². The lowest BCUT2D eigenvalue weighted by Crippen LogP contribution is -2.42. The Morgan fingerprint density at radius 2 is 1.86 bits per heavy atom. The number of carboxylic acid groups (broad SMARTS) is 1. The molecule has 1 aromatic carbocycles. The number of carbonyl (C=O) groups is 2. The minimum Gasteiger partial charge on any atom is -0.478 e. The fourth-order valence-corrected chi connectivity index (χ4v) is 4.22. The fraction of sp³-hybridized carbons (Fsp3) is 0.440. The van der Waals surface area contributed by atoms with Gasteiger partial charge in [-0.25, -0.2) is 9.78 Å². The number of ether oxygens (including phenoxy) is 1. The van der Waals surface area contributed by atoms with Crippen molar-refractivity contribution in [3.8, 4) is 17.7 Å². The Kier molecular flexibility index (Phi) is 7.68. The molecule has 0 unspecified atom stereocenters. The third kappa shape index (κ3) is 5.91. The van der Waals surface area contributed by atoms with Gasteiger partial charge in [0.15, 0.2) is 0 Å². The van der Waals surface area contributed by atoms with E-state index in [1.165, 1.54) is 17.0 Å². The first-order chi connectivity index (χ1) is 16.4. The Morgan fingerprint density at radius 1 is 1.20 bits per heavy atom. The Morgan fingerprint density at radius 3 is 2.40 bits per heavy atom. The number of benzene rings is 1. The van der Waals surface area contributed by atoms with Crippen LogP contribution < -0.4 is 9.64 Å². The minimum absolute atomic E-state index is 0.146. The molecule has 1 heterocycles. The monoisotopic (exact) mass is 489 g/mol. The second-order valence-electron chi connectivity index (χ2n) is 9.03. The second kappa shape index (κ2) is 10.3. The SMILES string of the molecule is CC(C)N(c1ccc(Oc2ncc(C#N)cc2C(F)(F)F)cc1C(=O)O)C(=O)[C@H]1CC[C@H](C)CC1. The molecule has 1 aliphatic carbocycles. The molecule has 0 bridgehead atoms. The molecule has 1 N–H and O–H groups in total. The normalized spacial score (nSPS) is 18.1. The zero-order valence-corrected chi connectivity index (χ0v) is 19.6. The number of pyridine rings is 1. The maximum atomic E-state index is 13.5. The summed E-state index contributed by atoms with van der Waals surface area (Å²) in [7, 11) is 0. The smallest absolute Gasteiger partial charge is 0.421 e. The summed E-state index contributed by atoms with van der Waals surface area (Å²) < 4.78 is 45.7. The van der Waals surface area contributed by atoms with E-state index in [-0.39, 0.29) is 40.4 Å². The number of carbonyl (C=O) groups excluding carboxylic acids is 1. The zero-order valence-electron chi connectivity index (χ0n) is 19.6. The van der Waals surface area contributed by atoms with E-state index in [1.807, 2.05) is 0 Å². The minimum atomic E-state index is -4.84. The van der Waals surface area contributed by atoms with E-state index in [9.17, 15) is 27.9 Å². The number of rotatable bonds is 6. The van der Waals surface area contributed by atoms with Crippen molar-refractivity contribution in [3.05, 3.63) is 47.2 Å². The molecule has 1 aromatic heterocycles. The average molecular weight is 489 g/mol. The van der Waals surface area contributed by atoms with Gasteiger partial charge >= 0.3 is 12.1 Å². The van der Waals surface area contributed by atoms with Crippen molar-refractivity contribution in [1.82, 2.24) is 4.98 Å². The first-order valence-corrected chi connectivity index (χ1v) is 11.3. The van der Waals surface area contributed by atoms with Gasteiger partial charge in [0.2, 0.25) is 11.8 Å². The molecule has 0 aliphatic heterocycles. The van der Waals surface area contributed by atoms with Gasteiger partial charge < -0.3 is 14.7 Å². The molecule has 7 nitrogen and oxygen atoms in total. The van der Waals surface area contributed by atoms with Crippen LogP contribution in [0.15, 0.2) is 30.5 Å². The van der Waals surface area contributed by atoms with Gasteiger partial charge in [-0.1, -0.05) is 6.92 Å². The van der Waals surface area contributed by atoms with E-state index in [1.54, 1.807) is 19.9 Å². The van der Waals surface area contributed by atoms with Gasteiger partial charge in [0.05, 0.1) is 16.8 Å². The third-order valence-corrected chi connectivity index (χ3v) is 6.08. The lowest BCUT2D eigenvalue weighted by atomic mass is 9.82. The first kappa shape index (κ1) is 26.0. The maximum absolute atomic E-state index is 13.5. The van der Waals surface area contributed by atoms with Crippen LogP contribution in [0.4, 0.5) is 18.9 Å². The summed E-state index contributed by atoms with van der Waals surface area (Å²) in [6.07, 6.45) is -0.640. The van der Waals surface area contributed by atoms with Crippen LogP contribution in [0.1, 0.15) is 67.9 Å². The van der Waals surface area contributed by atoms with Crippen molar-refractivity contribution in [2.45, 2.75) is 58.7 Å². The molecule has 0 atom stereocenters. The number of hydrogen-bond donors (Lipinski definition) is 1. The second-order valence-corrected chi connectivity index (χ2v) is 9.03. The Hall–Kier alpha value is -3.61. The van der Waals surface area contributed by atoms with Crippen LogP contribution in [0.3, 0.4) is 0 Å². The summed E-state index contributed by atoms with van der Waals surface area (Å²) >= 11 is 0. The highest BCUT2D eigenvalue weighted by molar-refractivity contribution is 6.03. The molecule has 1 aliphatic rings. The topological polar surface area (TPSA) is 104 Å². The Bertz CT molecular complexity index is 1150. The predicted molar refractivity (Wildman–Crippen MR) is 121 cm³/mol. The van der Waals surface area contributed by atoms with Gasteiger partial charge in [-0.3, -0.25) is 4.79 Å². The number of anilines is 1. The van der Waals surface area contributed by atoms with Crippen molar-refractivity contribution < 1.29 is 32.6 Å².